The van der Waals surface area contributed by atoms with E-state index >= 15 is 0 Å². The molecule has 0 saturated heterocycles. The summed E-state index contributed by atoms with van der Waals surface area (Å²) in [4.78, 5) is 28.5. The predicted octanol–water partition coefficient (Wildman–Crippen LogP) is 8.02. The van der Waals surface area contributed by atoms with Crippen LogP contribution < -0.4 is 14.8 Å². The van der Waals surface area contributed by atoms with Crippen LogP contribution in [0.15, 0.2) is 97.2 Å². The minimum atomic E-state index is -4.63. The zero-order valence-corrected chi connectivity index (χ0v) is 24.2. The summed E-state index contributed by atoms with van der Waals surface area (Å²) in [6.07, 6.45) is -3.04. The maximum absolute atomic E-state index is 13.9. The highest BCUT2D eigenvalue weighted by Gasteiger charge is 2.34. The van der Waals surface area contributed by atoms with E-state index in [9.17, 15) is 22.8 Å². The van der Waals surface area contributed by atoms with Crippen LogP contribution in [0.1, 0.15) is 39.9 Å². The van der Waals surface area contributed by atoms with Crippen LogP contribution in [0.4, 0.5) is 18.9 Å². The van der Waals surface area contributed by atoms with Gasteiger partial charge in [-0.1, -0.05) is 60.7 Å². The minimum Gasteiger partial charge on any atom is -0.493 e. The molecule has 0 atom stereocenters. The molecule has 10 heteroatoms. The van der Waals surface area contributed by atoms with Crippen molar-refractivity contribution in [2.45, 2.75) is 25.6 Å². The first-order valence-corrected chi connectivity index (χ1v) is 14.1. The summed E-state index contributed by atoms with van der Waals surface area (Å²) in [6, 6.07) is 24.9. The molecule has 0 bridgehead atoms. The number of hydrogen-bond donors (Lipinski definition) is 2. The lowest BCUT2D eigenvalue weighted by molar-refractivity contribution is -0.137. The van der Waals surface area contributed by atoms with Gasteiger partial charge in [0.15, 0.2) is 17.3 Å². The molecule has 0 aliphatic carbocycles. The lowest BCUT2D eigenvalue weighted by Crippen LogP contribution is -2.09. The van der Waals surface area contributed by atoms with Crippen molar-refractivity contribution in [1.29, 1.82) is 0 Å². The van der Waals surface area contributed by atoms with E-state index in [-0.39, 0.29) is 35.3 Å². The van der Waals surface area contributed by atoms with Crippen LogP contribution in [-0.4, -0.2) is 35.6 Å². The number of carboxylic acids is 1. The monoisotopic (exact) mass is 614 g/mol. The number of fused-ring (bicyclic) bond motifs is 1. The van der Waals surface area contributed by atoms with Crippen LogP contribution in [-0.2, 0) is 17.5 Å². The van der Waals surface area contributed by atoms with Crippen molar-refractivity contribution in [2.75, 3.05) is 19.0 Å². The van der Waals surface area contributed by atoms with E-state index in [1.54, 1.807) is 66.7 Å². The number of nitrogens with one attached hydrogen (secondary N) is 1. The number of nitrogens with zero attached hydrogens (tertiary/aromatic N) is 1. The fourth-order valence-corrected chi connectivity index (χ4v) is 5.02. The first-order valence-electron chi connectivity index (χ1n) is 14.1. The number of aromatic nitrogens is 1. The number of alkyl halides is 3. The second kappa shape index (κ2) is 13.5. The highest BCUT2D eigenvalue weighted by molar-refractivity contribution is 6.16. The summed E-state index contributed by atoms with van der Waals surface area (Å²) < 4.78 is 52.9. The summed E-state index contributed by atoms with van der Waals surface area (Å²) >= 11 is 0. The Labute approximate surface area is 257 Å². The summed E-state index contributed by atoms with van der Waals surface area (Å²) in [5.74, 6) is -0.260. The zero-order valence-electron chi connectivity index (χ0n) is 24.2. The fourth-order valence-electron chi connectivity index (χ4n) is 5.02. The Morgan fingerprint density at radius 1 is 0.911 bits per heavy atom. The van der Waals surface area contributed by atoms with E-state index in [2.05, 4.69) is 10.3 Å². The first-order chi connectivity index (χ1) is 21.7. The predicted molar refractivity (Wildman–Crippen MR) is 165 cm³/mol. The Kier molecular flexibility index (Phi) is 9.32. The average molecular weight is 615 g/mol. The van der Waals surface area contributed by atoms with Gasteiger partial charge in [-0.25, -0.2) is 0 Å². The van der Waals surface area contributed by atoms with E-state index in [0.717, 1.165) is 11.6 Å². The van der Waals surface area contributed by atoms with Crippen molar-refractivity contribution in [3.8, 4) is 22.6 Å². The van der Waals surface area contributed by atoms with E-state index in [0.29, 0.717) is 46.8 Å². The van der Waals surface area contributed by atoms with Crippen molar-refractivity contribution < 1.29 is 37.3 Å². The lowest BCUT2D eigenvalue weighted by atomic mass is 9.91. The molecule has 0 unspecified atom stereocenters. The SMILES string of the molecule is COc1cc(CNc2cccc(-c3c(C(=O)c4ccccc4)cnc4c(C(F)(F)F)cccc34)c2)ccc1OCCCC(=O)O. The number of rotatable bonds is 12. The number of aliphatic carboxylic acids is 1. The summed E-state index contributed by atoms with van der Waals surface area (Å²) in [5.41, 5.74) is 1.91. The Hall–Kier alpha value is -5.38. The molecule has 0 radical (unpaired) electrons. The first kappa shape index (κ1) is 31.1. The molecule has 0 fully saturated rings. The molecule has 0 aliphatic heterocycles. The molecule has 7 nitrogen and oxygen atoms in total. The maximum Gasteiger partial charge on any atom is 0.418 e. The number of pyridine rings is 1. The smallest absolute Gasteiger partial charge is 0.418 e. The van der Waals surface area contributed by atoms with Crippen molar-refractivity contribution >= 4 is 28.3 Å². The van der Waals surface area contributed by atoms with Crippen molar-refractivity contribution in [3.05, 3.63) is 119 Å². The third-order valence-corrected chi connectivity index (χ3v) is 7.15. The van der Waals surface area contributed by atoms with Gasteiger partial charge < -0.3 is 19.9 Å². The highest BCUT2D eigenvalue weighted by atomic mass is 19.4. The van der Waals surface area contributed by atoms with Crippen molar-refractivity contribution in [2.24, 2.45) is 0 Å². The second-order valence-electron chi connectivity index (χ2n) is 10.2. The van der Waals surface area contributed by atoms with Crippen LogP contribution in [0.2, 0.25) is 0 Å². The average Bonchev–Trinajstić information content (AvgIpc) is 3.04. The third-order valence-electron chi connectivity index (χ3n) is 7.15. The largest absolute Gasteiger partial charge is 0.493 e. The second-order valence-corrected chi connectivity index (χ2v) is 10.2. The number of methoxy groups -OCH3 is 1. The highest BCUT2D eigenvalue weighted by Crippen LogP contribution is 2.39. The number of ether oxygens (including phenoxy) is 2. The number of hydrogen-bond acceptors (Lipinski definition) is 6. The Morgan fingerprint density at radius 2 is 1.69 bits per heavy atom. The van der Waals surface area contributed by atoms with Crippen LogP contribution in [0.3, 0.4) is 0 Å². The number of para-hydroxylation sites is 1. The van der Waals surface area contributed by atoms with Crippen LogP contribution in [0.25, 0.3) is 22.0 Å². The molecule has 0 spiro atoms. The fraction of sp³-hybridized carbons (Fsp3) is 0.171. The van der Waals surface area contributed by atoms with E-state index < -0.39 is 17.7 Å². The van der Waals surface area contributed by atoms with Crippen molar-refractivity contribution in [3.63, 3.8) is 0 Å². The molecule has 230 valence electrons. The van der Waals surface area contributed by atoms with Crippen molar-refractivity contribution in [1.82, 2.24) is 4.98 Å². The molecule has 1 heterocycles. The summed E-state index contributed by atoms with van der Waals surface area (Å²) in [5, 5.41) is 12.4. The van der Waals surface area contributed by atoms with Gasteiger partial charge in [-0.2, -0.15) is 13.2 Å². The van der Waals surface area contributed by atoms with Gasteiger partial charge in [0.05, 0.1) is 24.8 Å². The molecule has 2 N–H and O–H groups in total. The van der Waals surface area contributed by atoms with Gasteiger partial charge in [-0.15, -0.1) is 0 Å². The van der Waals surface area contributed by atoms with Gasteiger partial charge in [0.1, 0.15) is 0 Å². The topological polar surface area (TPSA) is 97.8 Å². The molecule has 5 rings (SSSR count). The molecule has 0 amide bonds. The zero-order chi connectivity index (χ0) is 32.0. The number of benzene rings is 4. The number of anilines is 1. The van der Waals surface area contributed by atoms with Gasteiger partial charge in [-0.05, 0) is 47.9 Å². The number of halogens is 3. The number of carbonyl (C=O) groups excluding carboxylic acids is 1. The number of ketones is 1. The lowest BCUT2D eigenvalue weighted by Gasteiger charge is -2.17. The van der Waals surface area contributed by atoms with Gasteiger partial charge in [0, 0.05) is 46.9 Å². The molecule has 5 aromatic rings. The quantitative estimate of drug-likeness (QED) is 0.109. The van der Waals surface area contributed by atoms with E-state index in [4.69, 9.17) is 14.6 Å². The van der Waals surface area contributed by atoms with Crippen LogP contribution in [0.5, 0.6) is 11.5 Å². The number of carbonyl (C=O) groups is 2. The Morgan fingerprint density at radius 3 is 2.42 bits per heavy atom. The van der Waals surface area contributed by atoms with Gasteiger partial charge >= 0.3 is 12.1 Å². The summed E-state index contributed by atoms with van der Waals surface area (Å²) in [7, 11) is 1.51. The molecular weight excluding hydrogens is 585 g/mol. The Balaban J connectivity index is 1.47. The van der Waals surface area contributed by atoms with Crippen LogP contribution in [0, 0.1) is 0 Å². The standard InChI is InChI=1S/C35H29F3N2O5/c1-44-30-18-22(15-16-29(30)45-17-7-14-31(41)42)20-39-25-11-5-10-24(19-25)32-26-12-6-13-28(35(36,37)38)33(26)40-21-27(32)34(43)23-8-3-2-4-9-23/h2-6,8-13,15-16,18-19,21,39H,7,14,17,20H2,1H3,(H,41,42). The molecule has 0 saturated carbocycles. The molecule has 4 aromatic carbocycles. The van der Waals surface area contributed by atoms with Gasteiger partial charge in [0.2, 0.25) is 0 Å². The third kappa shape index (κ3) is 7.23. The molecule has 1 aromatic heterocycles. The van der Waals surface area contributed by atoms with E-state index in [1.165, 1.54) is 19.4 Å². The maximum atomic E-state index is 13.9. The molecule has 45 heavy (non-hydrogen) atoms. The minimum absolute atomic E-state index is 0.00404. The normalized spacial score (nSPS) is 11.3. The molecular formula is C35H29F3N2O5. The van der Waals surface area contributed by atoms with E-state index in [1.807, 2.05) is 12.1 Å². The summed E-state index contributed by atoms with van der Waals surface area (Å²) in [6.45, 7) is 0.611. The van der Waals surface area contributed by atoms with Gasteiger partial charge in [0.25, 0.3) is 0 Å². The van der Waals surface area contributed by atoms with Gasteiger partial charge in [-0.3, -0.25) is 14.6 Å². The molecule has 0 aliphatic rings. The Bertz CT molecular complexity index is 1840. The number of carboxylic acid groups (broad SMARTS) is 1. The van der Waals surface area contributed by atoms with Crippen LogP contribution >= 0.6 is 0 Å².